The molecule has 0 bridgehead atoms. The molecule has 1 aromatic rings. The molecular weight excluding hydrogens is 176 g/mol. The van der Waals surface area contributed by atoms with Crippen molar-refractivity contribution in [2.45, 2.75) is 25.8 Å². The van der Waals surface area contributed by atoms with Crippen LogP contribution in [0, 0.1) is 5.92 Å². The molecule has 1 fully saturated rings. The second kappa shape index (κ2) is 3.86. The first kappa shape index (κ1) is 9.31. The Bertz CT molecular complexity index is 314. The third kappa shape index (κ3) is 1.67. The highest BCUT2D eigenvalue weighted by Crippen LogP contribution is 2.31. The summed E-state index contributed by atoms with van der Waals surface area (Å²) in [6.07, 6.45) is 4.34. The molecule has 0 aliphatic heterocycles. The molecule has 14 heavy (non-hydrogen) atoms. The van der Waals surface area contributed by atoms with Crippen LogP contribution in [0.15, 0.2) is 18.3 Å². The fraction of sp³-hybridized carbons (Fsp3) is 0.545. The zero-order chi connectivity index (χ0) is 9.97. The van der Waals surface area contributed by atoms with Gasteiger partial charge in [-0.2, -0.15) is 0 Å². The molecule has 0 amide bonds. The molecular formula is C11H16N2O. The summed E-state index contributed by atoms with van der Waals surface area (Å²) in [4.78, 5) is 4.27. The van der Waals surface area contributed by atoms with Crippen LogP contribution in [0.4, 0.5) is 5.82 Å². The molecule has 3 heteroatoms. The summed E-state index contributed by atoms with van der Waals surface area (Å²) in [5.74, 6) is 2.44. The van der Waals surface area contributed by atoms with Gasteiger partial charge in [0.15, 0.2) is 11.6 Å². The van der Waals surface area contributed by atoms with Crippen molar-refractivity contribution in [2.75, 3.05) is 12.4 Å². The fourth-order valence-electron chi connectivity index (χ4n) is 1.72. The summed E-state index contributed by atoms with van der Waals surface area (Å²) in [7, 11) is 1.67. The van der Waals surface area contributed by atoms with Crippen molar-refractivity contribution in [1.82, 2.24) is 4.98 Å². The number of ether oxygens (including phenoxy) is 1. The Balaban J connectivity index is 2.07. The Hall–Kier alpha value is -1.25. The van der Waals surface area contributed by atoms with Crippen molar-refractivity contribution >= 4 is 5.82 Å². The topological polar surface area (TPSA) is 34.1 Å². The minimum absolute atomic E-state index is 0.568. The molecule has 3 nitrogen and oxygen atoms in total. The van der Waals surface area contributed by atoms with E-state index < -0.39 is 0 Å². The van der Waals surface area contributed by atoms with Gasteiger partial charge in [-0.25, -0.2) is 4.98 Å². The van der Waals surface area contributed by atoms with Gasteiger partial charge in [0.25, 0.3) is 0 Å². The number of nitrogens with zero attached hydrogens (tertiary/aromatic N) is 1. The lowest BCUT2D eigenvalue weighted by Crippen LogP contribution is -2.36. The standard InChI is InChI=1S/C11H16N2O/c1-8-5-6-9(8)13-11-10(14-2)4-3-7-12-11/h3-4,7-9H,5-6H2,1-2H3,(H,12,13). The Labute approximate surface area is 84.5 Å². The molecule has 2 rings (SSSR count). The molecule has 0 saturated heterocycles. The number of anilines is 1. The zero-order valence-corrected chi connectivity index (χ0v) is 8.66. The molecule has 2 atom stereocenters. The van der Waals surface area contributed by atoms with E-state index in [9.17, 15) is 0 Å². The van der Waals surface area contributed by atoms with Crippen LogP contribution in [0.3, 0.4) is 0 Å². The SMILES string of the molecule is COc1cccnc1NC1CCC1C. The Morgan fingerprint density at radius 2 is 2.36 bits per heavy atom. The molecule has 1 saturated carbocycles. The van der Waals surface area contributed by atoms with Crippen LogP contribution in [-0.2, 0) is 0 Å². The van der Waals surface area contributed by atoms with Gasteiger partial charge in [-0.3, -0.25) is 0 Å². The maximum atomic E-state index is 5.23. The van der Waals surface area contributed by atoms with Crippen molar-refractivity contribution in [1.29, 1.82) is 0 Å². The molecule has 1 heterocycles. The number of aromatic nitrogens is 1. The first-order valence-corrected chi connectivity index (χ1v) is 5.07. The highest BCUT2D eigenvalue weighted by Gasteiger charge is 2.27. The normalized spacial score (nSPS) is 25.3. The largest absolute Gasteiger partial charge is 0.493 e. The third-order valence-corrected chi connectivity index (χ3v) is 2.93. The number of hydrogen-bond donors (Lipinski definition) is 1. The van der Waals surface area contributed by atoms with Gasteiger partial charge in [0, 0.05) is 12.2 Å². The van der Waals surface area contributed by atoms with Gasteiger partial charge < -0.3 is 10.1 Å². The summed E-state index contributed by atoms with van der Waals surface area (Å²) in [6, 6.07) is 4.38. The number of nitrogens with one attached hydrogen (secondary N) is 1. The predicted molar refractivity (Wildman–Crippen MR) is 56.6 cm³/mol. The molecule has 0 spiro atoms. The maximum Gasteiger partial charge on any atom is 0.168 e. The summed E-state index contributed by atoms with van der Waals surface area (Å²) >= 11 is 0. The molecule has 2 unspecified atom stereocenters. The summed E-state index contributed by atoms with van der Waals surface area (Å²) in [6.45, 7) is 2.26. The Morgan fingerprint density at radius 3 is 2.93 bits per heavy atom. The van der Waals surface area contributed by atoms with Gasteiger partial charge in [-0.1, -0.05) is 6.92 Å². The molecule has 1 N–H and O–H groups in total. The van der Waals surface area contributed by atoms with Crippen molar-refractivity contribution in [3.63, 3.8) is 0 Å². The first-order chi connectivity index (χ1) is 6.81. The lowest BCUT2D eigenvalue weighted by Gasteiger charge is -2.35. The number of pyridine rings is 1. The molecule has 0 aromatic carbocycles. The molecule has 76 valence electrons. The van der Waals surface area contributed by atoms with Crippen LogP contribution in [0.1, 0.15) is 19.8 Å². The highest BCUT2D eigenvalue weighted by atomic mass is 16.5. The lowest BCUT2D eigenvalue weighted by atomic mass is 9.81. The zero-order valence-electron chi connectivity index (χ0n) is 8.66. The van der Waals surface area contributed by atoms with Crippen molar-refractivity contribution in [3.8, 4) is 5.75 Å². The molecule has 0 radical (unpaired) electrons. The molecule has 1 aromatic heterocycles. The smallest absolute Gasteiger partial charge is 0.168 e. The second-order valence-electron chi connectivity index (χ2n) is 3.86. The van der Waals surface area contributed by atoms with Crippen LogP contribution >= 0.6 is 0 Å². The maximum absolute atomic E-state index is 5.23. The van der Waals surface area contributed by atoms with Gasteiger partial charge >= 0.3 is 0 Å². The van der Waals surface area contributed by atoms with E-state index in [0.29, 0.717) is 6.04 Å². The average Bonchev–Trinajstić information content (AvgIpc) is 2.24. The quantitative estimate of drug-likeness (QED) is 0.798. The number of methoxy groups -OCH3 is 1. The average molecular weight is 192 g/mol. The summed E-state index contributed by atoms with van der Waals surface area (Å²) < 4.78 is 5.23. The lowest BCUT2D eigenvalue weighted by molar-refractivity contribution is 0.301. The van der Waals surface area contributed by atoms with Crippen LogP contribution in [0.2, 0.25) is 0 Å². The van der Waals surface area contributed by atoms with Crippen LogP contribution in [0.5, 0.6) is 5.75 Å². The first-order valence-electron chi connectivity index (χ1n) is 5.07. The van der Waals surface area contributed by atoms with E-state index in [1.807, 2.05) is 12.1 Å². The van der Waals surface area contributed by atoms with Gasteiger partial charge in [0.2, 0.25) is 0 Å². The van der Waals surface area contributed by atoms with E-state index in [1.54, 1.807) is 13.3 Å². The van der Waals surface area contributed by atoms with E-state index in [4.69, 9.17) is 4.74 Å². The van der Waals surface area contributed by atoms with Crippen molar-refractivity contribution < 1.29 is 4.74 Å². The van der Waals surface area contributed by atoms with E-state index in [1.165, 1.54) is 12.8 Å². The Kier molecular flexibility index (Phi) is 2.57. The van der Waals surface area contributed by atoms with Crippen molar-refractivity contribution in [2.24, 2.45) is 5.92 Å². The van der Waals surface area contributed by atoms with Crippen molar-refractivity contribution in [3.05, 3.63) is 18.3 Å². The minimum atomic E-state index is 0.568. The number of rotatable bonds is 3. The Morgan fingerprint density at radius 1 is 1.50 bits per heavy atom. The second-order valence-corrected chi connectivity index (χ2v) is 3.86. The van der Waals surface area contributed by atoms with E-state index >= 15 is 0 Å². The molecule has 1 aliphatic carbocycles. The van der Waals surface area contributed by atoms with E-state index in [2.05, 4.69) is 17.2 Å². The highest BCUT2D eigenvalue weighted by molar-refractivity contribution is 5.50. The fourth-order valence-corrected chi connectivity index (χ4v) is 1.72. The minimum Gasteiger partial charge on any atom is -0.493 e. The summed E-state index contributed by atoms with van der Waals surface area (Å²) in [5.41, 5.74) is 0. The molecule has 1 aliphatic rings. The van der Waals surface area contributed by atoms with E-state index in [0.717, 1.165) is 17.5 Å². The van der Waals surface area contributed by atoms with Crippen LogP contribution in [0.25, 0.3) is 0 Å². The number of hydrogen-bond acceptors (Lipinski definition) is 3. The van der Waals surface area contributed by atoms with Crippen LogP contribution in [-0.4, -0.2) is 18.1 Å². The van der Waals surface area contributed by atoms with Gasteiger partial charge in [-0.05, 0) is 30.9 Å². The predicted octanol–water partition coefficient (Wildman–Crippen LogP) is 2.30. The third-order valence-electron chi connectivity index (χ3n) is 2.93. The van der Waals surface area contributed by atoms with Gasteiger partial charge in [0.05, 0.1) is 7.11 Å². The monoisotopic (exact) mass is 192 g/mol. The summed E-state index contributed by atoms with van der Waals surface area (Å²) in [5, 5.41) is 3.41. The van der Waals surface area contributed by atoms with Crippen LogP contribution < -0.4 is 10.1 Å². The van der Waals surface area contributed by atoms with Gasteiger partial charge in [-0.15, -0.1) is 0 Å². The van der Waals surface area contributed by atoms with Gasteiger partial charge in [0.1, 0.15) is 0 Å². The van der Waals surface area contributed by atoms with E-state index in [-0.39, 0.29) is 0 Å².